The van der Waals surface area contributed by atoms with E-state index in [1.165, 1.54) is 12.0 Å². The quantitative estimate of drug-likeness (QED) is 0.872. The fourth-order valence-corrected chi connectivity index (χ4v) is 3.69. The van der Waals surface area contributed by atoms with Crippen LogP contribution in [0.5, 0.6) is 5.75 Å². The Morgan fingerprint density at radius 3 is 2.71 bits per heavy atom. The molecule has 1 saturated carbocycles. The van der Waals surface area contributed by atoms with Crippen LogP contribution in [0.25, 0.3) is 0 Å². The van der Waals surface area contributed by atoms with Gasteiger partial charge in [0.05, 0.1) is 6.61 Å². The third kappa shape index (κ3) is 3.09. The van der Waals surface area contributed by atoms with Gasteiger partial charge in [-0.15, -0.1) is 0 Å². The van der Waals surface area contributed by atoms with E-state index in [2.05, 4.69) is 37.4 Å². The van der Waals surface area contributed by atoms with Gasteiger partial charge in [0.2, 0.25) is 0 Å². The van der Waals surface area contributed by atoms with Crippen molar-refractivity contribution in [3.63, 3.8) is 0 Å². The molecule has 21 heavy (non-hydrogen) atoms. The molecule has 2 N–H and O–H groups in total. The molecule has 0 saturated heterocycles. The third-order valence-corrected chi connectivity index (χ3v) is 4.88. The zero-order valence-electron chi connectivity index (χ0n) is 13.1. The summed E-state index contributed by atoms with van der Waals surface area (Å²) < 4.78 is 6.28. The number of hydrogen-bond acceptors (Lipinski definition) is 3. The number of benzene rings is 1. The van der Waals surface area contributed by atoms with Crippen molar-refractivity contribution in [2.75, 3.05) is 6.61 Å². The van der Waals surface area contributed by atoms with Gasteiger partial charge in [0.1, 0.15) is 11.4 Å². The third-order valence-electron chi connectivity index (χ3n) is 4.88. The molecular weight excluding hydrogens is 262 g/mol. The molecule has 0 amide bonds. The zero-order chi connectivity index (χ0) is 14.9. The van der Waals surface area contributed by atoms with Crippen LogP contribution in [0.1, 0.15) is 57.6 Å². The molecule has 3 rings (SSSR count). The smallest absolute Gasteiger partial charge is 0.124 e. The molecule has 0 bridgehead atoms. The van der Waals surface area contributed by atoms with Crippen LogP contribution in [-0.4, -0.2) is 23.4 Å². The minimum Gasteiger partial charge on any atom is -0.487 e. The Bertz CT molecular complexity index is 482. The van der Waals surface area contributed by atoms with E-state index in [0.29, 0.717) is 12.0 Å². The fourth-order valence-electron chi connectivity index (χ4n) is 3.69. The van der Waals surface area contributed by atoms with Crippen LogP contribution in [0.15, 0.2) is 24.3 Å². The molecule has 0 radical (unpaired) electrons. The van der Waals surface area contributed by atoms with Gasteiger partial charge in [-0.3, -0.25) is 0 Å². The Hall–Kier alpha value is -1.06. The second kappa shape index (κ2) is 5.98. The van der Waals surface area contributed by atoms with Crippen LogP contribution >= 0.6 is 0 Å². The van der Waals surface area contributed by atoms with Crippen LogP contribution in [0.4, 0.5) is 0 Å². The fraction of sp³-hybridized carbons (Fsp3) is 0.667. The van der Waals surface area contributed by atoms with E-state index in [9.17, 15) is 5.11 Å². The van der Waals surface area contributed by atoms with Crippen LogP contribution < -0.4 is 10.1 Å². The Kier molecular flexibility index (Phi) is 4.23. The van der Waals surface area contributed by atoms with Gasteiger partial charge in [0.25, 0.3) is 0 Å². The maximum atomic E-state index is 9.66. The van der Waals surface area contributed by atoms with Crippen LogP contribution in [-0.2, 0) is 0 Å². The maximum absolute atomic E-state index is 9.66. The van der Waals surface area contributed by atoms with Crippen molar-refractivity contribution in [3.8, 4) is 5.75 Å². The lowest BCUT2D eigenvalue weighted by atomic mass is 9.73. The average Bonchev–Trinajstić information content (AvgIpc) is 2.44. The number of rotatable bonds is 5. The van der Waals surface area contributed by atoms with Gasteiger partial charge >= 0.3 is 0 Å². The van der Waals surface area contributed by atoms with Crippen molar-refractivity contribution in [1.82, 2.24) is 5.32 Å². The molecule has 116 valence electrons. The summed E-state index contributed by atoms with van der Waals surface area (Å²) in [6.45, 7) is 4.61. The van der Waals surface area contributed by atoms with Crippen molar-refractivity contribution in [3.05, 3.63) is 29.8 Å². The van der Waals surface area contributed by atoms with Gasteiger partial charge in [0, 0.05) is 24.1 Å². The van der Waals surface area contributed by atoms with Gasteiger partial charge in [0.15, 0.2) is 0 Å². The van der Waals surface area contributed by atoms with Crippen LogP contribution in [0.3, 0.4) is 0 Å². The minimum absolute atomic E-state index is 0.0455. The van der Waals surface area contributed by atoms with Crippen molar-refractivity contribution in [2.24, 2.45) is 5.92 Å². The predicted octanol–water partition coefficient (Wildman–Crippen LogP) is 3.43. The van der Waals surface area contributed by atoms with Gasteiger partial charge in [-0.25, -0.2) is 0 Å². The van der Waals surface area contributed by atoms with Gasteiger partial charge in [-0.1, -0.05) is 32.0 Å². The number of ether oxygens (including phenoxy) is 1. The summed E-state index contributed by atoms with van der Waals surface area (Å²) in [7, 11) is 0. The molecule has 2 aliphatic rings. The second-order valence-corrected chi connectivity index (χ2v) is 7.11. The highest BCUT2D eigenvalue weighted by atomic mass is 16.5. The zero-order valence-corrected chi connectivity index (χ0v) is 13.1. The molecule has 1 aliphatic heterocycles. The van der Waals surface area contributed by atoms with Gasteiger partial charge < -0.3 is 15.2 Å². The molecule has 1 aromatic rings. The van der Waals surface area contributed by atoms with E-state index in [4.69, 9.17) is 4.74 Å². The average molecular weight is 289 g/mol. The Balaban J connectivity index is 1.79. The normalized spacial score (nSPS) is 24.3. The van der Waals surface area contributed by atoms with E-state index < -0.39 is 0 Å². The summed E-state index contributed by atoms with van der Waals surface area (Å²) in [6, 6.07) is 8.82. The first-order chi connectivity index (χ1) is 10.1. The van der Waals surface area contributed by atoms with Crippen LogP contribution in [0.2, 0.25) is 0 Å². The maximum Gasteiger partial charge on any atom is 0.124 e. The summed E-state index contributed by atoms with van der Waals surface area (Å²) in [5, 5.41) is 13.3. The molecule has 0 aromatic heterocycles. The highest BCUT2D eigenvalue weighted by molar-refractivity contribution is 5.39. The lowest BCUT2D eigenvalue weighted by Gasteiger charge is -2.48. The molecule has 1 spiro atoms. The molecule has 2 atom stereocenters. The number of fused-ring (bicyclic) bond motifs is 1. The summed E-state index contributed by atoms with van der Waals surface area (Å²) in [4.78, 5) is 0. The molecular formula is C18H27NO2. The predicted molar refractivity (Wildman–Crippen MR) is 84.5 cm³/mol. The highest BCUT2D eigenvalue weighted by Gasteiger charge is 2.45. The molecule has 3 heteroatoms. The molecule has 1 heterocycles. The molecule has 1 aliphatic carbocycles. The number of nitrogens with one attached hydrogen (secondary N) is 1. The molecule has 2 unspecified atom stereocenters. The first-order valence-corrected chi connectivity index (χ1v) is 8.27. The lowest BCUT2D eigenvalue weighted by Crippen LogP contribution is -2.50. The number of aliphatic hydroxyl groups is 1. The number of para-hydroxylation sites is 1. The summed E-state index contributed by atoms with van der Waals surface area (Å²) >= 11 is 0. The first kappa shape index (κ1) is 14.9. The van der Waals surface area contributed by atoms with Crippen molar-refractivity contribution in [2.45, 2.75) is 63.6 Å². The first-order valence-electron chi connectivity index (χ1n) is 8.27. The van der Waals surface area contributed by atoms with Crippen molar-refractivity contribution < 1.29 is 9.84 Å². The van der Waals surface area contributed by atoms with Gasteiger partial charge in [-0.2, -0.15) is 0 Å². The SMILES string of the molecule is CC(C)CC(CO)NC1CC2(CCC2)Oc2ccccc21. The summed E-state index contributed by atoms with van der Waals surface area (Å²) in [5.41, 5.74) is 1.29. The van der Waals surface area contributed by atoms with Crippen LogP contribution in [0, 0.1) is 5.92 Å². The van der Waals surface area contributed by atoms with E-state index in [0.717, 1.165) is 31.4 Å². The van der Waals surface area contributed by atoms with E-state index in [1.54, 1.807) is 0 Å². The van der Waals surface area contributed by atoms with Crippen molar-refractivity contribution in [1.29, 1.82) is 0 Å². The topological polar surface area (TPSA) is 41.5 Å². The van der Waals surface area contributed by atoms with E-state index >= 15 is 0 Å². The number of aliphatic hydroxyl groups excluding tert-OH is 1. The van der Waals surface area contributed by atoms with E-state index in [1.807, 2.05) is 6.07 Å². The van der Waals surface area contributed by atoms with E-state index in [-0.39, 0.29) is 18.2 Å². The Labute approximate surface area is 127 Å². The van der Waals surface area contributed by atoms with Gasteiger partial charge in [-0.05, 0) is 37.7 Å². The largest absolute Gasteiger partial charge is 0.487 e. The Morgan fingerprint density at radius 2 is 2.10 bits per heavy atom. The monoisotopic (exact) mass is 289 g/mol. The highest BCUT2D eigenvalue weighted by Crippen LogP contribution is 2.48. The molecule has 1 aromatic carbocycles. The number of hydrogen-bond donors (Lipinski definition) is 2. The summed E-state index contributed by atoms with van der Waals surface area (Å²) in [5.74, 6) is 1.62. The summed E-state index contributed by atoms with van der Waals surface area (Å²) in [6.07, 6.45) is 5.62. The lowest BCUT2D eigenvalue weighted by molar-refractivity contribution is -0.0389. The Morgan fingerprint density at radius 1 is 1.33 bits per heavy atom. The molecule has 1 fully saturated rings. The standard InChI is InChI=1S/C18H27NO2/c1-13(2)10-14(12-20)19-16-11-18(8-5-9-18)21-17-7-4-3-6-15(16)17/h3-4,6-7,13-14,16,19-20H,5,8-12H2,1-2H3. The minimum atomic E-state index is 0.0455. The van der Waals surface area contributed by atoms with Crippen molar-refractivity contribution >= 4 is 0 Å². The molecule has 3 nitrogen and oxygen atoms in total. The second-order valence-electron chi connectivity index (χ2n) is 7.11.